The number of hydrogen-bond acceptors (Lipinski definition) is 1. The van der Waals surface area contributed by atoms with Crippen LogP contribution < -0.4 is 0 Å². The summed E-state index contributed by atoms with van der Waals surface area (Å²) in [7, 11) is 0. The van der Waals surface area contributed by atoms with Crippen molar-refractivity contribution in [2.45, 2.75) is 12.6 Å². The zero-order valence-electron chi connectivity index (χ0n) is 9.15. The molecule has 0 amide bonds. The molecule has 7 heteroatoms. The first-order valence-electron chi connectivity index (χ1n) is 4.99. The molecule has 1 aromatic rings. The Kier molecular flexibility index (Phi) is 5.25. The van der Waals surface area contributed by atoms with E-state index in [0.29, 0.717) is 12.0 Å². The maximum atomic E-state index is 12.6. The molecular formula is C11H9BrF3N3. The second-order valence-electron chi connectivity index (χ2n) is 3.38. The van der Waals surface area contributed by atoms with E-state index in [1.54, 1.807) is 18.2 Å². The molecule has 96 valence electrons. The van der Waals surface area contributed by atoms with E-state index in [4.69, 9.17) is 5.53 Å². The van der Waals surface area contributed by atoms with Gasteiger partial charge >= 0.3 is 6.18 Å². The molecular weight excluding hydrogens is 311 g/mol. The standard InChI is InChI=1S/C11H9BrF3N3/c12-10-5-4-8(3-1-2-6-17-18-16)7-9(10)11(13,14)15/h1,3-5,7H,2,6H2. The van der Waals surface area contributed by atoms with Gasteiger partial charge in [0, 0.05) is 15.9 Å². The highest BCUT2D eigenvalue weighted by atomic mass is 79.9. The van der Waals surface area contributed by atoms with Crippen LogP contribution in [0.2, 0.25) is 0 Å². The minimum absolute atomic E-state index is 0.0150. The number of halogens is 4. The summed E-state index contributed by atoms with van der Waals surface area (Å²) in [4.78, 5) is 2.57. The predicted octanol–water partition coefficient (Wildman–Crippen LogP) is 5.18. The Balaban J connectivity index is 2.82. The van der Waals surface area contributed by atoms with Crippen molar-refractivity contribution < 1.29 is 13.2 Å². The lowest BCUT2D eigenvalue weighted by atomic mass is 10.1. The third kappa shape index (κ3) is 4.43. The normalized spacial score (nSPS) is 11.6. The smallest absolute Gasteiger partial charge is 0.166 e. The van der Waals surface area contributed by atoms with E-state index in [0.717, 1.165) is 6.07 Å². The van der Waals surface area contributed by atoms with Crippen LogP contribution in [0.25, 0.3) is 16.5 Å². The summed E-state index contributed by atoms with van der Waals surface area (Å²) in [5.74, 6) is 0. The molecule has 0 saturated carbocycles. The first-order chi connectivity index (χ1) is 8.45. The number of hydrogen-bond donors (Lipinski definition) is 0. The van der Waals surface area contributed by atoms with Gasteiger partial charge in [0.05, 0.1) is 5.56 Å². The highest BCUT2D eigenvalue weighted by Crippen LogP contribution is 2.35. The van der Waals surface area contributed by atoms with Crippen molar-refractivity contribution in [2.75, 3.05) is 6.54 Å². The lowest BCUT2D eigenvalue weighted by Crippen LogP contribution is -2.06. The summed E-state index contributed by atoms with van der Waals surface area (Å²) in [6.45, 7) is 0.287. The number of azide groups is 1. The fourth-order valence-corrected chi connectivity index (χ4v) is 1.73. The summed E-state index contributed by atoms with van der Waals surface area (Å²) < 4.78 is 37.8. The zero-order valence-corrected chi connectivity index (χ0v) is 10.7. The Hall–Kier alpha value is -1.46. The molecule has 0 fully saturated rings. The monoisotopic (exact) mass is 319 g/mol. The van der Waals surface area contributed by atoms with Crippen LogP contribution in [0, 0.1) is 0 Å². The summed E-state index contributed by atoms with van der Waals surface area (Å²) in [5, 5.41) is 3.32. The molecule has 0 N–H and O–H groups in total. The van der Waals surface area contributed by atoms with E-state index >= 15 is 0 Å². The predicted molar refractivity (Wildman–Crippen MR) is 66.8 cm³/mol. The molecule has 0 heterocycles. The fourth-order valence-electron chi connectivity index (χ4n) is 1.26. The maximum Gasteiger partial charge on any atom is 0.417 e. The van der Waals surface area contributed by atoms with Gasteiger partial charge in [0.15, 0.2) is 0 Å². The molecule has 0 unspecified atom stereocenters. The molecule has 0 saturated heterocycles. The summed E-state index contributed by atoms with van der Waals surface area (Å²) in [6.07, 6.45) is -0.665. The third-order valence-electron chi connectivity index (χ3n) is 2.07. The first-order valence-corrected chi connectivity index (χ1v) is 5.78. The second-order valence-corrected chi connectivity index (χ2v) is 4.24. The van der Waals surface area contributed by atoms with Gasteiger partial charge in [0.2, 0.25) is 0 Å². The molecule has 0 radical (unpaired) electrons. The van der Waals surface area contributed by atoms with Crippen molar-refractivity contribution in [1.29, 1.82) is 0 Å². The van der Waals surface area contributed by atoms with Gasteiger partial charge in [0.1, 0.15) is 0 Å². The van der Waals surface area contributed by atoms with E-state index in [1.807, 2.05) is 0 Å². The molecule has 0 aromatic heterocycles. The van der Waals surface area contributed by atoms with Crippen molar-refractivity contribution in [3.05, 3.63) is 50.3 Å². The average Bonchev–Trinajstić information content (AvgIpc) is 2.29. The van der Waals surface area contributed by atoms with E-state index in [9.17, 15) is 13.2 Å². The van der Waals surface area contributed by atoms with Crippen LogP contribution in [0.15, 0.2) is 33.9 Å². The Morgan fingerprint density at radius 2 is 2.11 bits per heavy atom. The molecule has 0 bridgehead atoms. The van der Waals surface area contributed by atoms with Crippen LogP contribution >= 0.6 is 15.9 Å². The van der Waals surface area contributed by atoms with Crippen molar-refractivity contribution >= 4 is 22.0 Å². The van der Waals surface area contributed by atoms with Gasteiger partial charge in [-0.3, -0.25) is 0 Å². The van der Waals surface area contributed by atoms with E-state index < -0.39 is 11.7 Å². The first kappa shape index (κ1) is 14.6. The minimum Gasteiger partial charge on any atom is -0.166 e. The highest BCUT2D eigenvalue weighted by Gasteiger charge is 2.32. The maximum absolute atomic E-state index is 12.6. The Morgan fingerprint density at radius 3 is 2.72 bits per heavy atom. The summed E-state index contributed by atoms with van der Waals surface area (Å²) >= 11 is 2.87. The fraction of sp³-hybridized carbons (Fsp3) is 0.273. The molecule has 0 aliphatic heterocycles. The molecule has 0 spiro atoms. The van der Waals surface area contributed by atoms with Gasteiger partial charge in [0.25, 0.3) is 0 Å². The van der Waals surface area contributed by atoms with E-state index in [1.165, 1.54) is 6.07 Å². The van der Waals surface area contributed by atoms with E-state index in [-0.39, 0.29) is 11.0 Å². The van der Waals surface area contributed by atoms with Gasteiger partial charge in [-0.15, -0.1) is 0 Å². The number of alkyl halides is 3. The summed E-state index contributed by atoms with van der Waals surface area (Å²) in [6, 6.07) is 3.99. The quantitative estimate of drug-likeness (QED) is 0.318. The van der Waals surface area contributed by atoms with Crippen LogP contribution in [0.1, 0.15) is 17.5 Å². The van der Waals surface area contributed by atoms with Crippen LogP contribution in [0.4, 0.5) is 13.2 Å². The van der Waals surface area contributed by atoms with Crippen LogP contribution in [-0.4, -0.2) is 6.54 Å². The SMILES string of the molecule is [N-]=[N+]=NCCC=Cc1ccc(Br)c(C(F)(F)F)c1. The molecule has 0 atom stereocenters. The highest BCUT2D eigenvalue weighted by molar-refractivity contribution is 9.10. The van der Waals surface area contributed by atoms with Crippen LogP contribution in [-0.2, 0) is 6.18 Å². The largest absolute Gasteiger partial charge is 0.417 e. The van der Waals surface area contributed by atoms with Gasteiger partial charge in [-0.2, -0.15) is 13.2 Å². The van der Waals surface area contributed by atoms with Gasteiger partial charge in [-0.25, -0.2) is 0 Å². The molecule has 0 aliphatic rings. The molecule has 1 rings (SSSR count). The van der Waals surface area contributed by atoms with Crippen molar-refractivity contribution in [1.82, 2.24) is 0 Å². The van der Waals surface area contributed by atoms with Crippen molar-refractivity contribution in [3.8, 4) is 0 Å². The third-order valence-corrected chi connectivity index (χ3v) is 2.76. The Morgan fingerprint density at radius 1 is 1.39 bits per heavy atom. The van der Waals surface area contributed by atoms with E-state index in [2.05, 4.69) is 26.0 Å². The number of rotatable bonds is 4. The lowest BCUT2D eigenvalue weighted by molar-refractivity contribution is -0.138. The average molecular weight is 320 g/mol. The second kappa shape index (κ2) is 6.47. The van der Waals surface area contributed by atoms with Crippen LogP contribution in [0.5, 0.6) is 0 Å². The Bertz CT molecular complexity index is 491. The molecule has 18 heavy (non-hydrogen) atoms. The zero-order chi connectivity index (χ0) is 13.6. The van der Waals surface area contributed by atoms with Crippen molar-refractivity contribution in [2.24, 2.45) is 5.11 Å². The minimum atomic E-state index is -4.38. The van der Waals surface area contributed by atoms with Gasteiger partial charge in [-0.05, 0) is 29.6 Å². The number of benzene rings is 1. The van der Waals surface area contributed by atoms with Crippen LogP contribution in [0.3, 0.4) is 0 Å². The lowest BCUT2D eigenvalue weighted by Gasteiger charge is -2.09. The van der Waals surface area contributed by atoms with Gasteiger partial charge < -0.3 is 0 Å². The number of nitrogens with zero attached hydrogens (tertiary/aromatic N) is 3. The topological polar surface area (TPSA) is 48.8 Å². The molecule has 3 nitrogen and oxygen atoms in total. The van der Waals surface area contributed by atoms with Gasteiger partial charge in [-0.1, -0.05) is 39.3 Å². The molecule has 0 aliphatic carbocycles. The molecule has 1 aromatic carbocycles. The summed E-state index contributed by atoms with van der Waals surface area (Å²) in [5.41, 5.74) is 7.78. The Labute approximate surface area is 110 Å². The van der Waals surface area contributed by atoms with Crippen molar-refractivity contribution in [3.63, 3.8) is 0 Å².